The molecule has 2 aromatic carbocycles. The molecule has 8 nitrogen and oxygen atoms in total. The molecule has 28 heavy (non-hydrogen) atoms. The zero-order chi connectivity index (χ0) is 20.1. The first-order chi connectivity index (χ1) is 13.4. The number of benzene rings is 2. The van der Waals surface area contributed by atoms with Gasteiger partial charge in [-0.15, -0.1) is 0 Å². The number of nitro groups is 1. The van der Waals surface area contributed by atoms with Crippen molar-refractivity contribution in [3.8, 4) is 5.75 Å². The molecule has 0 unspecified atom stereocenters. The number of carbonyl (C=O) groups is 2. The standard InChI is InChI=1S/C20H20N2O6/c1-14(20(24)21-11-10-15-4-2-3-5-16(15)12-21)28-19(23)13-27-18-8-6-17(7-9-18)22(25)26/h2-9,14H,10-13H2,1H3/t14-/m1/s1. The number of ether oxygens (including phenoxy) is 2. The van der Waals surface area contributed by atoms with Crippen LogP contribution in [0.25, 0.3) is 0 Å². The van der Waals surface area contributed by atoms with Gasteiger partial charge in [-0.2, -0.15) is 0 Å². The number of fused-ring (bicyclic) bond motifs is 1. The van der Waals surface area contributed by atoms with E-state index in [4.69, 9.17) is 9.47 Å². The van der Waals surface area contributed by atoms with Crippen LogP contribution < -0.4 is 4.74 Å². The summed E-state index contributed by atoms with van der Waals surface area (Å²) in [4.78, 5) is 36.3. The molecule has 8 heteroatoms. The SMILES string of the molecule is C[C@@H](OC(=O)COc1ccc([N+](=O)[O-])cc1)C(=O)N1CCc2ccccc2C1. The Morgan fingerprint density at radius 1 is 1.14 bits per heavy atom. The van der Waals surface area contributed by atoms with Crippen LogP contribution in [0.1, 0.15) is 18.1 Å². The third-order valence-electron chi connectivity index (χ3n) is 4.50. The second-order valence-corrected chi connectivity index (χ2v) is 6.45. The first kappa shape index (κ1) is 19.3. The second-order valence-electron chi connectivity index (χ2n) is 6.45. The molecule has 0 spiro atoms. The van der Waals surface area contributed by atoms with Gasteiger partial charge in [0.05, 0.1) is 4.92 Å². The van der Waals surface area contributed by atoms with Gasteiger partial charge in [-0.1, -0.05) is 24.3 Å². The van der Waals surface area contributed by atoms with Crippen molar-refractivity contribution in [1.29, 1.82) is 0 Å². The number of hydrogen-bond acceptors (Lipinski definition) is 6. The lowest BCUT2D eigenvalue weighted by Gasteiger charge is -2.30. The van der Waals surface area contributed by atoms with Gasteiger partial charge in [0.25, 0.3) is 11.6 Å². The fraction of sp³-hybridized carbons (Fsp3) is 0.300. The van der Waals surface area contributed by atoms with Crippen molar-refractivity contribution in [2.75, 3.05) is 13.2 Å². The Balaban J connectivity index is 1.48. The van der Waals surface area contributed by atoms with Gasteiger partial charge >= 0.3 is 5.97 Å². The number of rotatable bonds is 6. The molecule has 1 aliphatic rings. The minimum atomic E-state index is -0.918. The number of esters is 1. The van der Waals surface area contributed by atoms with Gasteiger partial charge < -0.3 is 14.4 Å². The van der Waals surface area contributed by atoms with E-state index >= 15 is 0 Å². The molecule has 1 amide bonds. The summed E-state index contributed by atoms with van der Waals surface area (Å²) < 4.78 is 10.4. The average molecular weight is 384 g/mol. The Kier molecular flexibility index (Phi) is 5.88. The number of nitrogens with zero attached hydrogens (tertiary/aromatic N) is 2. The smallest absolute Gasteiger partial charge is 0.344 e. The fourth-order valence-corrected chi connectivity index (χ4v) is 3.03. The van der Waals surface area contributed by atoms with Gasteiger partial charge in [0.1, 0.15) is 5.75 Å². The van der Waals surface area contributed by atoms with Crippen LogP contribution in [-0.4, -0.2) is 41.0 Å². The Morgan fingerprint density at radius 2 is 1.82 bits per heavy atom. The van der Waals surface area contributed by atoms with Gasteiger partial charge in [0.2, 0.25) is 0 Å². The van der Waals surface area contributed by atoms with Crippen LogP contribution in [-0.2, 0) is 27.3 Å². The first-order valence-electron chi connectivity index (χ1n) is 8.86. The highest BCUT2D eigenvalue weighted by atomic mass is 16.6. The number of hydrogen-bond donors (Lipinski definition) is 0. The Morgan fingerprint density at radius 3 is 2.50 bits per heavy atom. The van der Waals surface area contributed by atoms with Crippen molar-refractivity contribution in [3.63, 3.8) is 0 Å². The van der Waals surface area contributed by atoms with Gasteiger partial charge in [-0.25, -0.2) is 4.79 Å². The third-order valence-corrected chi connectivity index (χ3v) is 4.50. The second kappa shape index (κ2) is 8.51. The van der Waals surface area contributed by atoms with E-state index in [1.54, 1.807) is 4.90 Å². The third kappa shape index (κ3) is 4.64. The predicted molar refractivity (Wildman–Crippen MR) is 99.7 cm³/mol. The van der Waals surface area contributed by atoms with Crippen LogP contribution in [0.5, 0.6) is 5.75 Å². The Labute approximate surface area is 161 Å². The van der Waals surface area contributed by atoms with Gasteiger partial charge in [-0.05, 0) is 36.6 Å². The number of nitro benzene ring substituents is 1. The van der Waals surface area contributed by atoms with Gasteiger partial charge in [0, 0.05) is 25.2 Å². The van der Waals surface area contributed by atoms with Crippen molar-refractivity contribution in [1.82, 2.24) is 4.90 Å². The maximum atomic E-state index is 12.6. The molecule has 0 bridgehead atoms. The predicted octanol–water partition coefficient (Wildman–Crippen LogP) is 2.49. The summed E-state index contributed by atoms with van der Waals surface area (Å²) in [5.74, 6) is -0.635. The van der Waals surface area contributed by atoms with Crippen LogP contribution in [0, 0.1) is 10.1 Å². The van der Waals surface area contributed by atoms with Crippen molar-refractivity contribution in [2.24, 2.45) is 0 Å². The van der Waals surface area contributed by atoms with Crippen LogP contribution >= 0.6 is 0 Å². The number of amides is 1. The Hall–Kier alpha value is -3.42. The summed E-state index contributed by atoms with van der Waals surface area (Å²) in [6.45, 7) is 2.22. The molecule has 2 aromatic rings. The summed E-state index contributed by atoms with van der Waals surface area (Å²) in [6.07, 6.45) is -0.149. The topological polar surface area (TPSA) is 99.0 Å². The van der Waals surface area contributed by atoms with Crippen LogP contribution in [0.15, 0.2) is 48.5 Å². The molecular formula is C20H20N2O6. The highest BCUT2D eigenvalue weighted by Gasteiger charge is 2.27. The molecule has 1 heterocycles. The van der Waals surface area contributed by atoms with Gasteiger partial charge in [-0.3, -0.25) is 14.9 Å². The summed E-state index contributed by atoms with van der Waals surface area (Å²) >= 11 is 0. The molecule has 0 fully saturated rings. The summed E-state index contributed by atoms with van der Waals surface area (Å²) in [7, 11) is 0. The lowest BCUT2D eigenvalue weighted by Crippen LogP contribution is -2.43. The molecule has 0 radical (unpaired) electrons. The zero-order valence-electron chi connectivity index (χ0n) is 15.4. The lowest BCUT2D eigenvalue weighted by molar-refractivity contribution is -0.384. The fourth-order valence-electron chi connectivity index (χ4n) is 3.03. The van der Waals surface area contributed by atoms with E-state index in [-0.39, 0.29) is 11.6 Å². The summed E-state index contributed by atoms with van der Waals surface area (Å²) in [5, 5.41) is 10.6. The van der Waals surface area contributed by atoms with E-state index in [9.17, 15) is 19.7 Å². The summed E-state index contributed by atoms with van der Waals surface area (Å²) in [6, 6.07) is 13.3. The molecule has 0 aromatic heterocycles. The molecule has 3 rings (SSSR count). The van der Waals surface area contributed by atoms with E-state index < -0.39 is 23.6 Å². The molecule has 0 saturated carbocycles. The number of non-ortho nitro benzene ring substituents is 1. The molecule has 0 saturated heterocycles. The van der Waals surface area contributed by atoms with Crippen LogP contribution in [0.4, 0.5) is 5.69 Å². The van der Waals surface area contributed by atoms with E-state index in [1.807, 2.05) is 18.2 Å². The first-order valence-corrected chi connectivity index (χ1v) is 8.86. The minimum Gasteiger partial charge on any atom is -0.482 e. The number of carbonyl (C=O) groups excluding carboxylic acids is 2. The monoisotopic (exact) mass is 384 g/mol. The Bertz CT molecular complexity index is 881. The highest BCUT2D eigenvalue weighted by molar-refractivity contribution is 5.84. The lowest BCUT2D eigenvalue weighted by atomic mass is 9.99. The van der Waals surface area contributed by atoms with E-state index in [0.717, 1.165) is 12.0 Å². The van der Waals surface area contributed by atoms with Crippen LogP contribution in [0.3, 0.4) is 0 Å². The summed E-state index contributed by atoms with van der Waals surface area (Å²) in [5.41, 5.74) is 2.26. The molecule has 0 aliphatic carbocycles. The molecule has 146 valence electrons. The van der Waals surface area contributed by atoms with E-state index in [0.29, 0.717) is 18.8 Å². The zero-order valence-corrected chi connectivity index (χ0v) is 15.4. The van der Waals surface area contributed by atoms with Crippen molar-refractivity contribution in [3.05, 3.63) is 69.8 Å². The molecule has 1 atom stereocenters. The minimum absolute atomic E-state index is 0.0720. The quantitative estimate of drug-likeness (QED) is 0.431. The van der Waals surface area contributed by atoms with Crippen molar-refractivity contribution >= 4 is 17.6 Å². The average Bonchev–Trinajstić information content (AvgIpc) is 2.71. The van der Waals surface area contributed by atoms with Crippen LogP contribution in [0.2, 0.25) is 0 Å². The molecular weight excluding hydrogens is 364 g/mol. The largest absolute Gasteiger partial charge is 0.482 e. The molecule has 0 N–H and O–H groups in total. The van der Waals surface area contributed by atoms with Crippen molar-refractivity contribution in [2.45, 2.75) is 26.0 Å². The van der Waals surface area contributed by atoms with Gasteiger partial charge in [0.15, 0.2) is 12.7 Å². The maximum Gasteiger partial charge on any atom is 0.344 e. The van der Waals surface area contributed by atoms with Crippen molar-refractivity contribution < 1.29 is 24.0 Å². The van der Waals surface area contributed by atoms with E-state index in [2.05, 4.69) is 6.07 Å². The molecule has 1 aliphatic heterocycles. The maximum absolute atomic E-state index is 12.6. The normalized spacial score (nSPS) is 14.0. The highest BCUT2D eigenvalue weighted by Crippen LogP contribution is 2.20. The van der Waals surface area contributed by atoms with E-state index in [1.165, 1.54) is 36.8 Å².